The average Bonchev–Trinajstić information content (AvgIpc) is 3.28. The van der Waals surface area contributed by atoms with Crippen LogP contribution in [0.4, 0.5) is 20.6 Å². The van der Waals surface area contributed by atoms with Crippen molar-refractivity contribution >= 4 is 17.4 Å². The molecule has 2 heterocycles. The molecule has 2 N–H and O–H groups in total. The predicted octanol–water partition coefficient (Wildman–Crippen LogP) is 3.45. The van der Waals surface area contributed by atoms with Crippen molar-refractivity contribution in [2.45, 2.75) is 25.5 Å². The molecule has 2 amide bonds. The smallest absolute Gasteiger partial charge is 0.319 e. The molecule has 7 heteroatoms. The lowest BCUT2D eigenvalue weighted by Gasteiger charge is -2.33. The van der Waals surface area contributed by atoms with Crippen LogP contribution in [-0.2, 0) is 11.3 Å². The molecular weight excluding hydrogens is 383 g/mol. The van der Waals surface area contributed by atoms with E-state index in [4.69, 9.17) is 4.74 Å². The van der Waals surface area contributed by atoms with E-state index in [-0.39, 0.29) is 18.0 Å². The first-order valence-corrected chi connectivity index (χ1v) is 10.6. The molecule has 2 aromatic carbocycles. The van der Waals surface area contributed by atoms with E-state index in [0.29, 0.717) is 24.5 Å². The van der Waals surface area contributed by atoms with Crippen molar-refractivity contribution in [3.8, 4) is 0 Å². The number of anilines is 2. The van der Waals surface area contributed by atoms with Gasteiger partial charge in [0.15, 0.2) is 0 Å². The highest BCUT2D eigenvalue weighted by atomic mass is 19.1. The summed E-state index contributed by atoms with van der Waals surface area (Å²) in [6, 6.07) is 14.8. The largest absolute Gasteiger partial charge is 0.374 e. The average molecular weight is 413 g/mol. The molecule has 2 fully saturated rings. The molecule has 2 saturated heterocycles. The number of carbonyl (C=O) groups is 1. The number of nitrogens with one attached hydrogen (secondary N) is 2. The van der Waals surface area contributed by atoms with Crippen molar-refractivity contribution in [2.75, 3.05) is 49.5 Å². The molecule has 4 rings (SSSR count). The molecule has 0 bridgehead atoms. The van der Waals surface area contributed by atoms with Crippen LogP contribution in [0.5, 0.6) is 0 Å². The number of hydrogen-bond acceptors (Lipinski definition) is 4. The molecule has 6 nitrogen and oxygen atoms in total. The summed E-state index contributed by atoms with van der Waals surface area (Å²) in [5, 5.41) is 5.55. The van der Waals surface area contributed by atoms with E-state index >= 15 is 0 Å². The fourth-order valence-electron chi connectivity index (χ4n) is 4.07. The number of carbonyl (C=O) groups excluding carboxylic acids is 1. The standard InChI is InChI=1S/C23H29FN4O2/c24-21-14-19(8-9-22(21)28-10-4-5-11-28)26-23(29)25-15-20-17-27(12-13-30-20)16-18-6-2-1-3-7-18/h1-3,6-9,14,20H,4-5,10-13,15-17H2,(H2,25,26,29). The summed E-state index contributed by atoms with van der Waals surface area (Å²) in [5.41, 5.74) is 2.32. The Kier molecular flexibility index (Phi) is 6.81. The number of halogens is 1. The zero-order chi connectivity index (χ0) is 20.8. The summed E-state index contributed by atoms with van der Waals surface area (Å²) < 4.78 is 20.2. The second kappa shape index (κ2) is 9.91. The number of benzene rings is 2. The minimum atomic E-state index is -0.355. The first kappa shape index (κ1) is 20.6. The maximum absolute atomic E-state index is 14.4. The number of urea groups is 1. The van der Waals surface area contributed by atoms with Gasteiger partial charge >= 0.3 is 6.03 Å². The summed E-state index contributed by atoms with van der Waals surface area (Å²) in [5.74, 6) is -0.304. The lowest BCUT2D eigenvalue weighted by Crippen LogP contribution is -2.47. The van der Waals surface area contributed by atoms with E-state index in [1.54, 1.807) is 12.1 Å². The summed E-state index contributed by atoms with van der Waals surface area (Å²) in [6.07, 6.45) is 2.12. The number of hydrogen-bond donors (Lipinski definition) is 2. The van der Waals surface area contributed by atoms with Crippen molar-refractivity contribution in [3.63, 3.8) is 0 Å². The second-order valence-electron chi connectivity index (χ2n) is 7.91. The van der Waals surface area contributed by atoms with Gasteiger partial charge in [0, 0.05) is 45.0 Å². The molecule has 0 saturated carbocycles. The zero-order valence-corrected chi connectivity index (χ0v) is 17.1. The van der Waals surface area contributed by atoms with Crippen molar-refractivity contribution in [1.82, 2.24) is 10.2 Å². The fourth-order valence-corrected chi connectivity index (χ4v) is 4.07. The molecule has 160 valence electrons. The van der Waals surface area contributed by atoms with Crippen LogP contribution in [0.1, 0.15) is 18.4 Å². The number of rotatable bonds is 6. The van der Waals surface area contributed by atoms with E-state index in [9.17, 15) is 9.18 Å². The maximum Gasteiger partial charge on any atom is 0.319 e. The van der Waals surface area contributed by atoms with E-state index in [1.807, 2.05) is 23.1 Å². The zero-order valence-electron chi connectivity index (χ0n) is 17.1. The Morgan fingerprint density at radius 1 is 1.10 bits per heavy atom. The first-order valence-electron chi connectivity index (χ1n) is 10.6. The van der Waals surface area contributed by atoms with Gasteiger partial charge in [0.1, 0.15) is 5.82 Å². The van der Waals surface area contributed by atoms with Crippen molar-refractivity contribution in [3.05, 3.63) is 59.9 Å². The molecule has 1 unspecified atom stereocenters. The Labute approximate surface area is 177 Å². The van der Waals surface area contributed by atoms with Gasteiger partial charge in [-0.1, -0.05) is 30.3 Å². The number of ether oxygens (including phenoxy) is 1. The van der Waals surface area contributed by atoms with Gasteiger partial charge < -0.3 is 20.3 Å². The van der Waals surface area contributed by atoms with E-state index in [0.717, 1.165) is 45.6 Å². The van der Waals surface area contributed by atoms with Crippen LogP contribution < -0.4 is 15.5 Å². The highest BCUT2D eigenvalue weighted by Crippen LogP contribution is 2.26. The first-order chi connectivity index (χ1) is 14.7. The number of morpholine rings is 1. The molecule has 30 heavy (non-hydrogen) atoms. The van der Waals surface area contributed by atoms with Crippen molar-refractivity contribution in [2.24, 2.45) is 0 Å². The van der Waals surface area contributed by atoms with Crippen LogP contribution in [-0.4, -0.2) is 56.4 Å². The SMILES string of the molecule is O=C(NCC1CN(Cc2ccccc2)CCO1)Nc1ccc(N2CCCC2)c(F)c1. The van der Waals surface area contributed by atoms with Crippen molar-refractivity contribution < 1.29 is 13.9 Å². The Hall–Kier alpha value is -2.64. The minimum absolute atomic E-state index is 0.0671. The van der Waals surface area contributed by atoms with Gasteiger partial charge in [0.05, 0.1) is 18.4 Å². The minimum Gasteiger partial charge on any atom is -0.374 e. The molecule has 0 aromatic heterocycles. The predicted molar refractivity (Wildman–Crippen MR) is 116 cm³/mol. The van der Waals surface area contributed by atoms with E-state index in [1.165, 1.54) is 11.6 Å². The van der Waals surface area contributed by atoms with Gasteiger partial charge in [0.2, 0.25) is 0 Å². The third kappa shape index (κ3) is 5.49. The quantitative estimate of drug-likeness (QED) is 0.763. The van der Waals surface area contributed by atoms with Crippen LogP contribution in [0.25, 0.3) is 0 Å². The van der Waals surface area contributed by atoms with Gasteiger partial charge in [-0.05, 0) is 36.6 Å². The monoisotopic (exact) mass is 412 g/mol. The van der Waals surface area contributed by atoms with E-state index < -0.39 is 0 Å². The second-order valence-corrected chi connectivity index (χ2v) is 7.91. The Morgan fingerprint density at radius 3 is 2.67 bits per heavy atom. The summed E-state index contributed by atoms with van der Waals surface area (Å²) in [4.78, 5) is 16.6. The fraction of sp³-hybridized carbons (Fsp3) is 0.435. The molecule has 0 spiro atoms. The lowest BCUT2D eigenvalue weighted by molar-refractivity contribution is -0.0285. The Bertz CT molecular complexity index is 842. The van der Waals surface area contributed by atoms with Gasteiger partial charge in [-0.2, -0.15) is 0 Å². The third-order valence-corrected chi connectivity index (χ3v) is 5.61. The van der Waals surface area contributed by atoms with Crippen LogP contribution in [0, 0.1) is 5.82 Å². The molecule has 1 atom stereocenters. The van der Waals surface area contributed by atoms with Crippen LogP contribution in [0.2, 0.25) is 0 Å². The topological polar surface area (TPSA) is 56.8 Å². The van der Waals surface area contributed by atoms with Gasteiger partial charge in [-0.15, -0.1) is 0 Å². The molecular formula is C23H29FN4O2. The molecule has 0 aliphatic carbocycles. The van der Waals surface area contributed by atoms with Gasteiger partial charge in [-0.3, -0.25) is 4.90 Å². The Morgan fingerprint density at radius 2 is 1.90 bits per heavy atom. The van der Waals surface area contributed by atoms with Crippen LogP contribution >= 0.6 is 0 Å². The van der Waals surface area contributed by atoms with Gasteiger partial charge in [-0.25, -0.2) is 9.18 Å². The summed E-state index contributed by atoms with van der Waals surface area (Å²) in [6.45, 7) is 5.32. The molecule has 2 aliphatic rings. The van der Waals surface area contributed by atoms with Crippen LogP contribution in [0.3, 0.4) is 0 Å². The van der Waals surface area contributed by atoms with Crippen LogP contribution in [0.15, 0.2) is 48.5 Å². The number of amides is 2. The van der Waals surface area contributed by atoms with Crippen molar-refractivity contribution in [1.29, 1.82) is 0 Å². The maximum atomic E-state index is 14.4. The highest BCUT2D eigenvalue weighted by Gasteiger charge is 2.21. The molecule has 0 radical (unpaired) electrons. The Balaban J connectivity index is 1.24. The van der Waals surface area contributed by atoms with Gasteiger partial charge in [0.25, 0.3) is 0 Å². The van der Waals surface area contributed by atoms with E-state index in [2.05, 4.69) is 27.7 Å². The number of nitrogens with zero attached hydrogens (tertiary/aromatic N) is 2. The third-order valence-electron chi connectivity index (χ3n) is 5.61. The molecule has 2 aromatic rings. The summed E-state index contributed by atoms with van der Waals surface area (Å²) >= 11 is 0. The molecule has 2 aliphatic heterocycles. The summed E-state index contributed by atoms with van der Waals surface area (Å²) in [7, 11) is 0. The lowest BCUT2D eigenvalue weighted by atomic mass is 10.2. The highest BCUT2D eigenvalue weighted by molar-refractivity contribution is 5.89. The normalized spacial score (nSPS) is 19.6.